The van der Waals surface area contributed by atoms with Gasteiger partial charge < -0.3 is 4.74 Å². The minimum absolute atomic E-state index is 0.264. The van der Waals surface area contributed by atoms with E-state index in [-0.39, 0.29) is 5.78 Å². The highest BCUT2D eigenvalue weighted by molar-refractivity contribution is 5.99. The van der Waals surface area contributed by atoms with Crippen LogP contribution in [0.4, 0.5) is 0 Å². The number of ether oxygens (including phenoxy) is 1. The fourth-order valence-electron chi connectivity index (χ4n) is 3.04. The minimum atomic E-state index is 0.264. The number of carbonyl (C=O) groups is 1. The second-order valence-electron chi connectivity index (χ2n) is 5.23. The van der Waals surface area contributed by atoms with Gasteiger partial charge in [0.1, 0.15) is 11.5 Å². The van der Waals surface area contributed by atoms with Crippen molar-refractivity contribution in [3.63, 3.8) is 0 Å². The van der Waals surface area contributed by atoms with E-state index in [9.17, 15) is 4.79 Å². The Bertz CT molecular complexity index is 725. The van der Waals surface area contributed by atoms with Crippen LogP contribution in [0.3, 0.4) is 0 Å². The van der Waals surface area contributed by atoms with Crippen molar-refractivity contribution in [3.8, 4) is 5.75 Å². The first-order valence-corrected chi connectivity index (χ1v) is 6.76. The molecule has 0 N–H and O–H groups in total. The maximum absolute atomic E-state index is 12.0. The fourth-order valence-corrected chi connectivity index (χ4v) is 3.04. The van der Waals surface area contributed by atoms with Gasteiger partial charge in [0, 0.05) is 35.8 Å². The normalized spacial score (nSPS) is 18.0. The number of ketones is 1. The number of hydrogen-bond acceptors (Lipinski definition) is 2. The van der Waals surface area contributed by atoms with Crippen LogP contribution in [-0.4, -0.2) is 5.78 Å². The van der Waals surface area contributed by atoms with Gasteiger partial charge in [-0.1, -0.05) is 36.4 Å². The van der Waals surface area contributed by atoms with Gasteiger partial charge >= 0.3 is 0 Å². The predicted molar refractivity (Wildman–Crippen MR) is 74.2 cm³/mol. The lowest BCUT2D eigenvalue weighted by atomic mass is 9.88. The molecule has 0 radical (unpaired) electrons. The van der Waals surface area contributed by atoms with Crippen molar-refractivity contribution in [2.75, 3.05) is 0 Å². The highest BCUT2D eigenvalue weighted by Crippen LogP contribution is 2.39. The van der Waals surface area contributed by atoms with Crippen LogP contribution < -0.4 is 4.74 Å². The number of Topliss-reactive ketones (excluding diaryl/α,β-unsaturated/α-hetero) is 1. The largest absolute Gasteiger partial charge is 0.460 e. The van der Waals surface area contributed by atoms with Gasteiger partial charge in [-0.3, -0.25) is 4.79 Å². The lowest BCUT2D eigenvalue weighted by Gasteiger charge is -2.26. The van der Waals surface area contributed by atoms with Crippen LogP contribution >= 0.6 is 0 Å². The van der Waals surface area contributed by atoms with Gasteiger partial charge in [0.05, 0.1) is 0 Å². The molecule has 1 aliphatic carbocycles. The molecule has 0 spiro atoms. The Labute approximate surface area is 111 Å². The van der Waals surface area contributed by atoms with E-state index >= 15 is 0 Å². The molecule has 0 aromatic heterocycles. The maximum Gasteiger partial charge on any atom is 0.162 e. The molecule has 0 saturated carbocycles. The molecule has 0 saturated heterocycles. The number of hydrogen-bond donors (Lipinski definition) is 0. The summed E-state index contributed by atoms with van der Waals surface area (Å²) in [6.07, 6.45) is 3.21. The highest BCUT2D eigenvalue weighted by atomic mass is 16.5. The Kier molecular flexibility index (Phi) is 2.25. The molecule has 0 bridgehead atoms. The summed E-state index contributed by atoms with van der Waals surface area (Å²) in [4.78, 5) is 12.0. The topological polar surface area (TPSA) is 26.3 Å². The van der Waals surface area contributed by atoms with Crippen LogP contribution in [0.1, 0.15) is 24.8 Å². The molecule has 2 aliphatic rings. The average molecular weight is 250 g/mol. The highest BCUT2D eigenvalue weighted by Gasteiger charge is 2.28. The second-order valence-corrected chi connectivity index (χ2v) is 5.23. The van der Waals surface area contributed by atoms with Crippen molar-refractivity contribution in [2.24, 2.45) is 0 Å². The standard InChI is InChI=1S/C17H14O2/c18-15-6-3-7-16-14(15)10-12-9-8-11-4-1-2-5-13(11)17(12)19-16/h1-2,4-5,8-9H,3,6-7,10H2. The quantitative estimate of drug-likeness (QED) is 0.711. The molecule has 0 fully saturated rings. The third-order valence-electron chi connectivity index (χ3n) is 4.03. The lowest BCUT2D eigenvalue weighted by Crippen LogP contribution is -2.20. The summed E-state index contributed by atoms with van der Waals surface area (Å²) in [6.45, 7) is 0. The number of benzene rings is 2. The van der Waals surface area contributed by atoms with E-state index in [1.807, 2.05) is 12.1 Å². The first-order valence-electron chi connectivity index (χ1n) is 6.76. The van der Waals surface area contributed by atoms with Crippen molar-refractivity contribution >= 4 is 16.6 Å². The summed E-state index contributed by atoms with van der Waals surface area (Å²) < 4.78 is 6.08. The Morgan fingerprint density at radius 1 is 1.00 bits per heavy atom. The van der Waals surface area contributed by atoms with Crippen LogP contribution in [0, 0.1) is 0 Å². The van der Waals surface area contributed by atoms with Gasteiger partial charge in [-0.2, -0.15) is 0 Å². The Hall–Kier alpha value is -2.09. The Morgan fingerprint density at radius 3 is 2.84 bits per heavy atom. The van der Waals surface area contributed by atoms with Crippen LogP contribution in [-0.2, 0) is 11.2 Å². The van der Waals surface area contributed by atoms with Gasteiger partial charge in [-0.15, -0.1) is 0 Å². The van der Waals surface area contributed by atoms with Gasteiger partial charge in [0.15, 0.2) is 5.78 Å². The number of fused-ring (bicyclic) bond motifs is 3. The first kappa shape index (κ1) is 10.8. The van der Waals surface area contributed by atoms with E-state index in [0.717, 1.165) is 47.3 Å². The summed E-state index contributed by atoms with van der Waals surface area (Å²) in [5.41, 5.74) is 2.03. The van der Waals surface area contributed by atoms with Gasteiger partial charge in [-0.25, -0.2) is 0 Å². The SMILES string of the molecule is O=C1CCCC2=C1Cc1ccc3ccccc3c1O2. The van der Waals surface area contributed by atoms with Crippen molar-refractivity contribution in [3.05, 3.63) is 53.3 Å². The summed E-state index contributed by atoms with van der Waals surface area (Å²) in [7, 11) is 0. The van der Waals surface area contributed by atoms with E-state index in [2.05, 4.69) is 24.3 Å². The molecule has 0 amide bonds. The zero-order valence-corrected chi connectivity index (χ0v) is 10.6. The van der Waals surface area contributed by atoms with E-state index in [1.165, 1.54) is 5.39 Å². The zero-order chi connectivity index (χ0) is 12.8. The summed E-state index contributed by atoms with van der Waals surface area (Å²) in [5.74, 6) is 2.12. The van der Waals surface area contributed by atoms with Gasteiger partial charge in [0.25, 0.3) is 0 Å². The fraction of sp³-hybridized carbons (Fsp3) is 0.235. The molecular formula is C17H14O2. The summed E-state index contributed by atoms with van der Waals surface area (Å²) in [6, 6.07) is 12.4. The molecule has 2 aromatic rings. The molecule has 2 nitrogen and oxygen atoms in total. The average Bonchev–Trinajstić information content (AvgIpc) is 2.46. The third-order valence-corrected chi connectivity index (χ3v) is 4.03. The van der Waals surface area contributed by atoms with E-state index < -0.39 is 0 Å². The van der Waals surface area contributed by atoms with E-state index in [0.29, 0.717) is 6.42 Å². The Balaban J connectivity index is 1.90. The monoisotopic (exact) mass is 250 g/mol. The third kappa shape index (κ3) is 1.60. The van der Waals surface area contributed by atoms with Crippen molar-refractivity contribution in [2.45, 2.75) is 25.7 Å². The lowest BCUT2D eigenvalue weighted by molar-refractivity contribution is -0.116. The number of carbonyl (C=O) groups excluding carboxylic acids is 1. The number of rotatable bonds is 0. The molecule has 0 unspecified atom stereocenters. The van der Waals surface area contributed by atoms with E-state index in [4.69, 9.17) is 4.74 Å². The van der Waals surface area contributed by atoms with Crippen molar-refractivity contribution in [1.29, 1.82) is 0 Å². The molecule has 1 aliphatic heterocycles. The molecule has 4 rings (SSSR count). The first-order chi connectivity index (χ1) is 9.33. The van der Waals surface area contributed by atoms with Crippen molar-refractivity contribution in [1.82, 2.24) is 0 Å². The maximum atomic E-state index is 12.0. The molecule has 1 heterocycles. The van der Waals surface area contributed by atoms with Crippen LogP contribution in [0.25, 0.3) is 10.8 Å². The molecule has 94 valence electrons. The van der Waals surface area contributed by atoms with Crippen LogP contribution in [0.5, 0.6) is 5.75 Å². The molecular weight excluding hydrogens is 236 g/mol. The van der Waals surface area contributed by atoms with Gasteiger partial charge in [0.2, 0.25) is 0 Å². The smallest absolute Gasteiger partial charge is 0.162 e. The Morgan fingerprint density at radius 2 is 1.89 bits per heavy atom. The van der Waals surface area contributed by atoms with Crippen LogP contribution in [0.15, 0.2) is 47.7 Å². The number of allylic oxidation sites excluding steroid dienone is 2. The second kappa shape index (κ2) is 3.95. The molecule has 0 atom stereocenters. The van der Waals surface area contributed by atoms with Gasteiger partial charge in [-0.05, 0) is 11.8 Å². The summed E-state index contributed by atoms with van der Waals surface area (Å²) in [5, 5.41) is 2.33. The minimum Gasteiger partial charge on any atom is -0.460 e. The van der Waals surface area contributed by atoms with E-state index in [1.54, 1.807) is 0 Å². The molecule has 2 heteroatoms. The summed E-state index contributed by atoms with van der Waals surface area (Å²) >= 11 is 0. The zero-order valence-electron chi connectivity index (χ0n) is 10.6. The molecule has 2 aromatic carbocycles. The predicted octanol–water partition coefficient (Wildman–Crippen LogP) is 3.78. The molecule has 19 heavy (non-hydrogen) atoms. The van der Waals surface area contributed by atoms with Crippen LogP contribution in [0.2, 0.25) is 0 Å². The van der Waals surface area contributed by atoms with Crippen molar-refractivity contribution < 1.29 is 9.53 Å².